The first-order valence-electron chi connectivity index (χ1n) is 9.08. The van der Waals surface area contributed by atoms with Gasteiger partial charge in [0.25, 0.3) is 5.56 Å². The fraction of sp³-hybridized carbons (Fsp3) is 0.190. The van der Waals surface area contributed by atoms with Crippen LogP contribution in [-0.2, 0) is 17.9 Å². The minimum absolute atomic E-state index is 0.0959. The number of halogens is 1. The molecule has 1 aromatic heterocycles. The van der Waals surface area contributed by atoms with Gasteiger partial charge in [0.15, 0.2) is 11.5 Å². The molecule has 0 radical (unpaired) electrons. The molecule has 1 amide bonds. The van der Waals surface area contributed by atoms with Gasteiger partial charge < -0.3 is 14.8 Å². The van der Waals surface area contributed by atoms with Gasteiger partial charge >= 0.3 is 0 Å². The summed E-state index contributed by atoms with van der Waals surface area (Å²) in [4.78, 5) is 24.2. The van der Waals surface area contributed by atoms with Crippen molar-refractivity contribution in [1.29, 1.82) is 0 Å². The van der Waals surface area contributed by atoms with Crippen molar-refractivity contribution in [2.75, 3.05) is 6.79 Å². The molecule has 4 rings (SSSR count). The molecule has 0 unspecified atom stereocenters. The van der Waals surface area contributed by atoms with Gasteiger partial charge in [-0.05, 0) is 42.0 Å². The maximum atomic E-state index is 12.9. The van der Waals surface area contributed by atoms with Crippen molar-refractivity contribution in [2.45, 2.75) is 19.5 Å². The van der Waals surface area contributed by atoms with E-state index in [2.05, 4.69) is 10.4 Å². The standard InChI is InChI=1S/C21H18FN3O4/c22-16-4-1-14(2-5-16)12-23-20(26)9-10-25-21(27)8-6-17(24-25)15-3-7-18-19(11-15)29-13-28-18/h1-8,11H,9-10,12-13H2,(H,23,26). The number of aromatic nitrogens is 2. The number of nitrogens with one attached hydrogen (secondary N) is 1. The highest BCUT2D eigenvalue weighted by Crippen LogP contribution is 2.35. The van der Waals surface area contributed by atoms with E-state index in [1.54, 1.807) is 30.3 Å². The quantitative estimate of drug-likeness (QED) is 0.693. The van der Waals surface area contributed by atoms with Crippen LogP contribution < -0.4 is 20.3 Å². The van der Waals surface area contributed by atoms with E-state index in [9.17, 15) is 14.0 Å². The molecule has 148 valence electrons. The third kappa shape index (κ3) is 4.43. The first kappa shape index (κ1) is 18.7. The average molecular weight is 395 g/mol. The molecular formula is C21H18FN3O4. The van der Waals surface area contributed by atoms with Crippen LogP contribution in [0.4, 0.5) is 4.39 Å². The Kier molecular flexibility index (Phi) is 5.24. The van der Waals surface area contributed by atoms with Crippen molar-refractivity contribution >= 4 is 5.91 Å². The van der Waals surface area contributed by atoms with Gasteiger partial charge in [0.05, 0.1) is 12.2 Å². The lowest BCUT2D eigenvalue weighted by Gasteiger charge is -2.09. The maximum absolute atomic E-state index is 12.9. The SMILES string of the molecule is O=C(CCn1nc(-c2ccc3c(c2)OCO3)ccc1=O)NCc1ccc(F)cc1. The minimum atomic E-state index is -0.326. The molecule has 1 aliphatic rings. The number of fused-ring (bicyclic) bond motifs is 1. The van der Waals surface area contributed by atoms with Crippen LogP contribution in [0.25, 0.3) is 11.3 Å². The van der Waals surface area contributed by atoms with Crippen LogP contribution in [0.3, 0.4) is 0 Å². The summed E-state index contributed by atoms with van der Waals surface area (Å²) in [5.74, 6) is 0.742. The molecule has 1 N–H and O–H groups in total. The van der Waals surface area contributed by atoms with Gasteiger partial charge in [0.2, 0.25) is 12.7 Å². The van der Waals surface area contributed by atoms with E-state index < -0.39 is 0 Å². The van der Waals surface area contributed by atoms with Gasteiger partial charge in [-0.1, -0.05) is 12.1 Å². The van der Waals surface area contributed by atoms with Gasteiger partial charge in [-0.2, -0.15) is 5.10 Å². The third-order valence-electron chi connectivity index (χ3n) is 4.49. The predicted octanol–water partition coefficient (Wildman–Crippen LogP) is 2.48. The third-order valence-corrected chi connectivity index (χ3v) is 4.49. The fourth-order valence-electron chi connectivity index (χ4n) is 2.92. The van der Waals surface area contributed by atoms with Crippen LogP contribution in [0.15, 0.2) is 59.4 Å². The lowest BCUT2D eigenvalue weighted by atomic mass is 10.1. The molecule has 0 bridgehead atoms. The highest BCUT2D eigenvalue weighted by Gasteiger charge is 2.15. The van der Waals surface area contributed by atoms with Gasteiger partial charge in [-0.3, -0.25) is 9.59 Å². The van der Waals surface area contributed by atoms with Crippen LogP contribution in [0.5, 0.6) is 11.5 Å². The molecule has 1 aliphatic heterocycles. The Bertz CT molecular complexity index is 1100. The average Bonchev–Trinajstić information content (AvgIpc) is 3.20. The van der Waals surface area contributed by atoms with Gasteiger partial charge in [-0.25, -0.2) is 9.07 Å². The molecule has 7 nitrogen and oxygen atoms in total. The second-order valence-electron chi connectivity index (χ2n) is 6.50. The number of aryl methyl sites for hydroxylation is 1. The Labute approximate surface area is 165 Å². The molecule has 0 aliphatic carbocycles. The Morgan fingerprint density at radius 3 is 2.69 bits per heavy atom. The molecule has 0 saturated carbocycles. The van der Waals surface area contributed by atoms with Gasteiger partial charge in [0, 0.05) is 24.6 Å². The second kappa shape index (κ2) is 8.14. The number of hydrogen-bond acceptors (Lipinski definition) is 5. The van der Waals surface area contributed by atoms with E-state index in [0.29, 0.717) is 23.7 Å². The number of benzene rings is 2. The molecular weight excluding hydrogens is 377 g/mol. The van der Waals surface area contributed by atoms with Gasteiger partial charge in [-0.15, -0.1) is 0 Å². The summed E-state index contributed by atoms with van der Waals surface area (Å²) in [5, 5.41) is 7.10. The Hall–Kier alpha value is -3.68. The number of carbonyl (C=O) groups excluding carboxylic acids is 1. The zero-order valence-corrected chi connectivity index (χ0v) is 15.4. The molecule has 2 aromatic carbocycles. The predicted molar refractivity (Wildman–Crippen MR) is 103 cm³/mol. The summed E-state index contributed by atoms with van der Waals surface area (Å²) in [6.07, 6.45) is 0.0959. The van der Waals surface area contributed by atoms with E-state index in [1.165, 1.54) is 22.9 Å². The van der Waals surface area contributed by atoms with E-state index in [1.807, 2.05) is 6.07 Å². The van der Waals surface area contributed by atoms with Crippen molar-refractivity contribution in [3.05, 3.63) is 76.3 Å². The minimum Gasteiger partial charge on any atom is -0.454 e. The molecule has 0 fully saturated rings. The normalized spacial score (nSPS) is 12.0. The zero-order valence-electron chi connectivity index (χ0n) is 15.4. The molecule has 29 heavy (non-hydrogen) atoms. The fourth-order valence-corrected chi connectivity index (χ4v) is 2.92. The molecule has 3 aromatic rings. The van der Waals surface area contributed by atoms with Crippen LogP contribution in [0.2, 0.25) is 0 Å². The first-order valence-corrected chi connectivity index (χ1v) is 9.08. The number of ether oxygens (including phenoxy) is 2. The zero-order chi connectivity index (χ0) is 20.2. The largest absolute Gasteiger partial charge is 0.454 e. The highest BCUT2D eigenvalue weighted by molar-refractivity contribution is 5.75. The number of carbonyl (C=O) groups is 1. The van der Waals surface area contributed by atoms with E-state index >= 15 is 0 Å². The van der Waals surface area contributed by atoms with Crippen LogP contribution in [0.1, 0.15) is 12.0 Å². The summed E-state index contributed by atoms with van der Waals surface area (Å²) in [6, 6.07) is 14.4. The maximum Gasteiger partial charge on any atom is 0.266 e. The van der Waals surface area contributed by atoms with Crippen LogP contribution in [0, 0.1) is 5.82 Å². The first-order chi connectivity index (χ1) is 14.1. The van der Waals surface area contributed by atoms with Crippen molar-refractivity contribution < 1.29 is 18.7 Å². The van der Waals surface area contributed by atoms with E-state index in [0.717, 1.165) is 11.1 Å². The molecule has 0 spiro atoms. The van der Waals surface area contributed by atoms with Crippen LogP contribution >= 0.6 is 0 Å². The van der Waals surface area contributed by atoms with E-state index in [-0.39, 0.29) is 37.0 Å². The summed E-state index contributed by atoms with van der Waals surface area (Å²) in [5.41, 5.74) is 1.87. The number of nitrogens with zero attached hydrogens (tertiary/aromatic N) is 2. The topological polar surface area (TPSA) is 82.5 Å². The number of hydrogen-bond donors (Lipinski definition) is 1. The van der Waals surface area contributed by atoms with Crippen molar-refractivity contribution in [3.8, 4) is 22.8 Å². The molecule has 0 saturated heterocycles. The number of rotatable bonds is 6. The summed E-state index contributed by atoms with van der Waals surface area (Å²) < 4.78 is 24.8. The Balaban J connectivity index is 1.39. The molecule has 0 atom stereocenters. The van der Waals surface area contributed by atoms with E-state index in [4.69, 9.17) is 9.47 Å². The molecule has 8 heteroatoms. The Morgan fingerprint density at radius 1 is 1.07 bits per heavy atom. The summed E-state index contributed by atoms with van der Waals surface area (Å²) >= 11 is 0. The number of amides is 1. The van der Waals surface area contributed by atoms with Crippen LogP contribution in [-0.4, -0.2) is 22.5 Å². The van der Waals surface area contributed by atoms with Gasteiger partial charge in [0.1, 0.15) is 5.82 Å². The van der Waals surface area contributed by atoms with Crippen molar-refractivity contribution in [3.63, 3.8) is 0 Å². The second-order valence-corrected chi connectivity index (χ2v) is 6.50. The summed E-state index contributed by atoms with van der Waals surface area (Å²) in [7, 11) is 0. The lowest BCUT2D eigenvalue weighted by Crippen LogP contribution is -2.28. The lowest BCUT2D eigenvalue weighted by molar-refractivity contribution is -0.121. The summed E-state index contributed by atoms with van der Waals surface area (Å²) in [6.45, 7) is 0.615. The highest BCUT2D eigenvalue weighted by atomic mass is 19.1. The smallest absolute Gasteiger partial charge is 0.266 e. The van der Waals surface area contributed by atoms with Crippen molar-refractivity contribution in [1.82, 2.24) is 15.1 Å². The van der Waals surface area contributed by atoms with Crippen molar-refractivity contribution in [2.24, 2.45) is 0 Å². The molecule has 2 heterocycles. The Morgan fingerprint density at radius 2 is 1.86 bits per heavy atom. The monoisotopic (exact) mass is 395 g/mol.